The van der Waals surface area contributed by atoms with E-state index in [0.717, 1.165) is 16.8 Å². The van der Waals surface area contributed by atoms with E-state index in [-0.39, 0.29) is 5.91 Å². The lowest BCUT2D eigenvalue weighted by molar-refractivity contribution is 0.0993. The highest BCUT2D eigenvalue weighted by Gasteiger charge is 2.16. The molecule has 20 heavy (non-hydrogen) atoms. The lowest BCUT2D eigenvalue weighted by Gasteiger charge is -2.20. The fourth-order valence-corrected chi connectivity index (χ4v) is 2.31. The third kappa shape index (κ3) is 2.97. The van der Waals surface area contributed by atoms with E-state index < -0.39 is 0 Å². The van der Waals surface area contributed by atoms with E-state index in [4.69, 9.17) is 23.2 Å². The number of halogens is 2. The van der Waals surface area contributed by atoms with E-state index in [0.29, 0.717) is 15.6 Å². The van der Waals surface area contributed by atoms with E-state index in [9.17, 15) is 4.79 Å². The molecule has 0 bridgehead atoms. The monoisotopic (exact) mass is 307 g/mol. The van der Waals surface area contributed by atoms with Gasteiger partial charge in [0, 0.05) is 18.3 Å². The smallest absolute Gasteiger partial charge is 0.258 e. The zero-order chi connectivity index (χ0) is 14.9. The molecule has 0 fully saturated rings. The van der Waals surface area contributed by atoms with Gasteiger partial charge in [-0.1, -0.05) is 35.3 Å². The van der Waals surface area contributed by atoms with Gasteiger partial charge >= 0.3 is 0 Å². The lowest BCUT2D eigenvalue weighted by Crippen LogP contribution is -2.27. The van der Waals surface area contributed by atoms with E-state index >= 15 is 0 Å². The molecule has 4 heteroatoms. The number of amides is 1. The Morgan fingerprint density at radius 1 is 1.00 bits per heavy atom. The van der Waals surface area contributed by atoms with Gasteiger partial charge in [0.05, 0.1) is 10.0 Å². The van der Waals surface area contributed by atoms with Crippen LogP contribution in [0.15, 0.2) is 36.4 Å². The number of hydrogen-bond acceptors (Lipinski definition) is 1. The van der Waals surface area contributed by atoms with Gasteiger partial charge in [-0.15, -0.1) is 0 Å². The number of aryl methyl sites for hydroxylation is 2. The van der Waals surface area contributed by atoms with Crippen molar-refractivity contribution in [3.63, 3.8) is 0 Å². The van der Waals surface area contributed by atoms with Crippen molar-refractivity contribution in [2.45, 2.75) is 13.8 Å². The van der Waals surface area contributed by atoms with Crippen molar-refractivity contribution in [1.29, 1.82) is 0 Å². The second kappa shape index (κ2) is 5.86. The zero-order valence-electron chi connectivity index (χ0n) is 11.6. The van der Waals surface area contributed by atoms with Crippen LogP contribution < -0.4 is 4.90 Å². The maximum atomic E-state index is 12.5. The van der Waals surface area contributed by atoms with Crippen LogP contribution in [0.5, 0.6) is 0 Å². The molecular weight excluding hydrogens is 293 g/mol. The molecule has 0 saturated heterocycles. The molecule has 2 nitrogen and oxygen atoms in total. The summed E-state index contributed by atoms with van der Waals surface area (Å²) < 4.78 is 0. The minimum absolute atomic E-state index is 0.114. The summed E-state index contributed by atoms with van der Waals surface area (Å²) in [5.74, 6) is -0.114. The summed E-state index contributed by atoms with van der Waals surface area (Å²) in [6, 6.07) is 10.9. The van der Waals surface area contributed by atoms with Gasteiger partial charge in [0.15, 0.2) is 0 Å². The first-order chi connectivity index (χ1) is 9.40. The predicted molar refractivity (Wildman–Crippen MR) is 85.1 cm³/mol. The maximum absolute atomic E-state index is 12.5. The quantitative estimate of drug-likeness (QED) is 0.773. The molecule has 0 aliphatic carbocycles. The molecule has 0 N–H and O–H groups in total. The summed E-state index contributed by atoms with van der Waals surface area (Å²) in [4.78, 5) is 14.1. The van der Waals surface area contributed by atoms with Crippen molar-refractivity contribution in [2.75, 3.05) is 11.9 Å². The van der Waals surface area contributed by atoms with Gasteiger partial charge in [0.25, 0.3) is 5.91 Å². The van der Waals surface area contributed by atoms with Crippen molar-refractivity contribution in [3.8, 4) is 0 Å². The van der Waals surface area contributed by atoms with Crippen molar-refractivity contribution in [2.24, 2.45) is 0 Å². The molecule has 2 aromatic rings. The number of carbonyl (C=O) groups is 1. The first-order valence-electron chi connectivity index (χ1n) is 6.20. The van der Waals surface area contributed by atoms with E-state index in [2.05, 4.69) is 0 Å². The van der Waals surface area contributed by atoms with Crippen LogP contribution in [0.1, 0.15) is 21.5 Å². The number of rotatable bonds is 2. The molecule has 104 valence electrons. The van der Waals surface area contributed by atoms with Crippen LogP contribution in [0.3, 0.4) is 0 Å². The number of benzene rings is 2. The van der Waals surface area contributed by atoms with Gasteiger partial charge in [-0.2, -0.15) is 0 Å². The van der Waals surface area contributed by atoms with Crippen LogP contribution in [0, 0.1) is 13.8 Å². The normalized spacial score (nSPS) is 10.4. The highest BCUT2D eigenvalue weighted by Crippen LogP contribution is 2.26. The van der Waals surface area contributed by atoms with Gasteiger partial charge < -0.3 is 4.90 Å². The molecule has 0 aliphatic rings. The van der Waals surface area contributed by atoms with E-state index in [1.54, 1.807) is 30.1 Å². The van der Waals surface area contributed by atoms with Crippen LogP contribution in [0.4, 0.5) is 5.69 Å². The third-order valence-electron chi connectivity index (χ3n) is 3.20. The number of anilines is 1. The van der Waals surface area contributed by atoms with Gasteiger partial charge in [-0.3, -0.25) is 4.79 Å². The Balaban J connectivity index is 2.37. The van der Waals surface area contributed by atoms with Crippen LogP contribution in [-0.4, -0.2) is 13.0 Å². The molecule has 0 saturated carbocycles. The average molecular weight is 308 g/mol. The molecule has 2 aromatic carbocycles. The summed E-state index contributed by atoms with van der Waals surface area (Å²) in [5.41, 5.74) is 3.56. The molecular formula is C16H15Cl2NO. The van der Waals surface area contributed by atoms with Crippen molar-refractivity contribution < 1.29 is 4.79 Å². The molecule has 0 heterocycles. The summed E-state index contributed by atoms with van der Waals surface area (Å²) in [6.07, 6.45) is 0. The van der Waals surface area contributed by atoms with Crippen LogP contribution in [0.25, 0.3) is 0 Å². The second-order valence-corrected chi connectivity index (χ2v) is 5.60. The minimum Gasteiger partial charge on any atom is -0.311 e. The molecule has 0 atom stereocenters. The Labute approximate surface area is 128 Å². The molecule has 1 amide bonds. The predicted octanol–water partition coefficient (Wildman–Crippen LogP) is 4.89. The third-order valence-corrected chi connectivity index (χ3v) is 3.94. The first kappa shape index (κ1) is 14.9. The van der Waals surface area contributed by atoms with E-state index in [1.807, 2.05) is 32.0 Å². The maximum Gasteiger partial charge on any atom is 0.258 e. The van der Waals surface area contributed by atoms with Gasteiger partial charge in [-0.25, -0.2) is 0 Å². The second-order valence-electron chi connectivity index (χ2n) is 4.78. The van der Waals surface area contributed by atoms with Crippen molar-refractivity contribution >= 4 is 34.8 Å². The Morgan fingerprint density at radius 3 is 2.35 bits per heavy atom. The fourth-order valence-electron chi connectivity index (χ4n) is 2.01. The number of hydrogen-bond donors (Lipinski definition) is 0. The van der Waals surface area contributed by atoms with Crippen LogP contribution >= 0.6 is 23.2 Å². The molecule has 0 aliphatic heterocycles. The average Bonchev–Trinajstić information content (AvgIpc) is 2.43. The Kier molecular flexibility index (Phi) is 4.36. The SMILES string of the molecule is Cc1ccc(C)c(N(C)C(=O)c2ccc(Cl)c(Cl)c2)c1. The zero-order valence-corrected chi connectivity index (χ0v) is 13.1. The Bertz CT molecular complexity index is 668. The standard InChI is InChI=1S/C16H15Cl2NO/c1-10-4-5-11(2)15(8-10)19(3)16(20)12-6-7-13(17)14(18)9-12/h4-9H,1-3H3. The van der Waals surface area contributed by atoms with Crippen molar-refractivity contribution in [1.82, 2.24) is 0 Å². The summed E-state index contributed by atoms with van der Waals surface area (Å²) in [6.45, 7) is 3.98. The molecule has 0 spiro atoms. The highest BCUT2D eigenvalue weighted by atomic mass is 35.5. The topological polar surface area (TPSA) is 20.3 Å². The summed E-state index contributed by atoms with van der Waals surface area (Å²) in [7, 11) is 1.76. The van der Waals surface area contributed by atoms with Gasteiger partial charge in [-0.05, 0) is 49.2 Å². The number of carbonyl (C=O) groups excluding carboxylic acids is 1. The summed E-state index contributed by atoms with van der Waals surface area (Å²) in [5, 5.41) is 0.824. The molecule has 2 rings (SSSR count). The van der Waals surface area contributed by atoms with Gasteiger partial charge in [0.2, 0.25) is 0 Å². The fraction of sp³-hybridized carbons (Fsp3) is 0.188. The minimum atomic E-state index is -0.114. The van der Waals surface area contributed by atoms with Crippen LogP contribution in [0.2, 0.25) is 10.0 Å². The van der Waals surface area contributed by atoms with Crippen LogP contribution in [-0.2, 0) is 0 Å². The Morgan fingerprint density at radius 2 is 1.70 bits per heavy atom. The van der Waals surface area contributed by atoms with E-state index in [1.165, 1.54) is 0 Å². The number of nitrogens with zero attached hydrogens (tertiary/aromatic N) is 1. The molecule has 0 radical (unpaired) electrons. The summed E-state index contributed by atoms with van der Waals surface area (Å²) >= 11 is 11.8. The lowest BCUT2D eigenvalue weighted by atomic mass is 10.1. The highest BCUT2D eigenvalue weighted by molar-refractivity contribution is 6.42. The molecule has 0 unspecified atom stereocenters. The molecule has 0 aromatic heterocycles. The Hall–Kier alpha value is -1.51. The van der Waals surface area contributed by atoms with Gasteiger partial charge in [0.1, 0.15) is 0 Å². The first-order valence-corrected chi connectivity index (χ1v) is 6.96. The largest absolute Gasteiger partial charge is 0.311 e. The van der Waals surface area contributed by atoms with Crippen molar-refractivity contribution in [3.05, 3.63) is 63.1 Å².